The highest BCUT2D eigenvalue weighted by Crippen LogP contribution is 2.20. The number of rotatable bonds is 9. The van der Waals surface area contributed by atoms with E-state index < -0.39 is 16.1 Å². The predicted octanol–water partition coefficient (Wildman–Crippen LogP) is 4.05. The van der Waals surface area contributed by atoms with E-state index in [1.54, 1.807) is 55.5 Å². The SMILES string of the molecule is CCN(CC)S(=O)(=O)c1ccc(C(C)NC(C)C(=O)Nc2ccc(Cl)cc2)cc1. The van der Waals surface area contributed by atoms with Gasteiger partial charge in [-0.3, -0.25) is 10.1 Å². The average molecular weight is 438 g/mol. The average Bonchev–Trinajstić information content (AvgIpc) is 2.70. The lowest BCUT2D eigenvalue weighted by molar-refractivity contribution is -0.117. The Balaban J connectivity index is 2.02. The Morgan fingerprint density at radius 2 is 1.55 bits per heavy atom. The maximum absolute atomic E-state index is 12.6. The Hall–Kier alpha value is -1.93. The standard InChI is InChI=1S/C21H28ClN3O3S/c1-5-25(6-2)29(27,28)20-13-7-17(8-14-20)15(3)23-16(4)21(26)24-19-11-9-18(22)10-12-19/h7-16,23H,5-6H2,1-4H3,(H,24,26). The van der Waals surface area contributed by atoms with Crippen LogP contribution in [0.2, 0.25) is 5.02 Å². The fourth-order valence-corrected chi connectivity index (χ4v) is 4.56. The van der Waals surface area contributed by atoms with Crippen LogP contribution in [0.5, 0.6) is 0 Å². The Morgan fingerprint density at radius 3 is 2.07 bits per heavy atom. The third-order valence-corrected chi connectivity index (χ3v) is 7.04. The van der Waals surface area contributed by atoms with Gasteiger partial charge in [0.1, 0.15) is 0 Å². The van der Waals surface area contributed by atoms with E-state index in [-0.39, 0.29) is 16.8 Å². The molecule has 0 saturated carbocycles. The number of nitrogens with zero attached hydrogens (tertiary/aromatic N) is 1. The molecule has 0 aliphatic rings. The summed E-state index contributed by atoms with van der Waals surface area (Å²) < 4.78 is 26.6. The highest BCUT2D eigenvalue weighted by atomic mass is 35.5. The first kappa shape index (κ1) is 23.3. The summed E-state index contributed by atoms with van der Waals surface area (Å²) in [5, 5.41) is 6.67. The third kappa shape index (κ3) is 6.02. The van der Waals surface area contributed by atoms with E-state index in [1.165, 1.54) is 4.31 Å². The number of benzene rings is 2. The maximum atomic E-state index is 12.6. The van der Waals surface area contributed by atoms with Crippen LogP contribution in [0.4, 0.5) is 5.69 Å². The van der Waals surface area contributed by atoms with E-state index in [1.807, 2.05) is 20.8 Å². The second-order valence-electron chi connectivity index (χ2n) is 6.76. The molecule has 0 fully saturated rings. The second-order valence-corrected chi connectivity index (χ2v) is 9.14. The van der Waals surface area contributed by atoms with Crippen molar-refractivity contribution in [2.24, 2.45) is 0 Å². The molecule has 0 aliphatic carbocycles. The first-order valence-electron chi connectivity index (χ1n) is 9.61. The normalized spacial score (nSPS) is 13.9. The highest BCUT2D eigenvalue weighted by molar-refractivity contribution is 7.89. The van der Waals surface area contributed by atoms with Gasteiger partial charge < -0.3 is 5.32 Å². The van der Waals surface area contributed by atoms with Crippen molar-refractivity contribution in [1.29, 1.82) is 0 Å². The third-order valence-electron chi connectivity index (χ3n) is 4.73. The minimum Gasteiger partial charge on any atom is -0.325 e. The van der Waals surface area contributed by atoms with Crippen molar-refractivity contribution in [1.82, 2.24) is 9.62 Å². The van der Waals surface area contributed by atoms with E-state index in [0.717, 1.165) is 5.56 Å². The van der Waals surface area contributed by atoms with Gasteiger partial charge in [-0.2, -0.15) is 4.31 Å². The lowest BCUT2D eigenvalue weighted by Gasteiger charge is -2.21. The van der Waals surface area contributed by atoms with Crippen LogP contribution in [-0.2, 0) is 14.8 Å². The quantitative estimate of drug-likeness (QED) is 0.620. The molecule has 8 heteroatoms. The van der Waals surface area contributed by atoms with Crippen molar-refractivity contribution in [3.63, 3.8) is 0 Å². The molecule has 1 amide bonds. The topological polar surface area (TPSA) is 78.5 Å². The number of anilines is 1. The molecule has 0 saturated heterocycles. The summed E-state index contributed by atoms with van der Waals surface area (Å²) in [6.07, 6.45) is 0. The smallest absolute Gasteiger partial charge is 0.243 e. The van der Waals surface area contributed by atoms with Gasteiger partial charge in [-0.1, -0.05) is 37.6 Å². The molecule has 6 nitrogen and oxygen atoms in total. The minimum atomic E-state index is -3.48. The lowest BCUT2D eigenvalue weighted by Crippen LogP contribution is -2.39. The largest absolute Gasteiger partial charge is 0.325 e. The predicted molar refractivity (Wildman–Crippen MR) is 118 cm³/mol. The fraction of sp³-hybridized carbons (Fsp3) is 0.381. The summed E-state index contributed by atoms with van der Waals surface area (Å²) in [6.45, 7) is 8.20. The number of carbonyl (C=O) groups is 1. The number of carbonyl (C=O) groups excluding carboxylic acids is 1. The molecular weight excluding hydrogens is 410 g/mol. The Bertz CT molecular complexity index is 911. The van der Waals surface area contributed by atoms with Crippen LogP contribution >= 0.6 is 11.6 Å². The van der Waals surface area contributed by atoms with Gasteiger partial charge in [0.15, 0.2) is 0 Å². The number of nitrogens with one attached hydrogen (secondary N) is 2. The molecule has 0 aliphatic heterocycles. The Kier molecular flexibility index (Phi) is 8.22. The van der Waals surface area contributed by atoms with Gasteiger partial charge in [0.05, 0.1) is 10.9 Å². The zero-order valence-corrected chi connectivity index (χ0v) is 18.7. The first-order chi connectivity index (χ1) is 13.7. The molecular formula is C21H28ClN3O3S. The zero-order chi connectivity index (χ0) is 21.6. The molecule has 2 atom stereocenters. The molecule has 2 aromatic carbocycles. The Labute approximate surface area is 178 Å². The van der Waals surface area contributed by atoms with Crippen LogP contribution in [0.1, 0.15) is 39.3 Å². The highest BCUT2D eigenvalue weighted by Gasteiger charge is 2.22. The summed E-state index contributed by atoms with van der Waals surface area (Å²) in [5.41, 5.74) is 1.57. The Morgan fingerprint density at radius 1 is 1.00 bits per heavy atom. The van der Waals surface area contributed by atoms with Crippen molar-refractivity contribution in [2.75, 3.05) is 18.4 Å². The van der Waals surface area contributed by atoms with Crippen LogP contribution in [0.15, 0.2) is 53.4 Å². The molecule has 0 heterocycles. The number of hydrogen-bond acceptors (Lipinski definition) is 4. The second kappa shape index (κ2) is 10.2. The number of amides is 1. The summed E-state index contributed by atoms with van der Waals surface area (Å²) >= 11 is 5.86. The van der Waals surface area contributed by atoms with E-state index >= 15 is 0 Å². The van der Waals surface area contributed by atoms with Crippen molar-refractivity contribution >= 4 is 33.2 Å². The van der Waals surface area contributed by atoms with Crippen LogP contribution < -0.4 is 10.6 Å². The molecule has 158 valence electrons. The van der Waals surface area contributed by atoms with Gasteiger partial charge in [-0.05, 0) is 55.8 Å². The van der Waals surface area contributed by atoms with Gasteiger partial charge in [0, 0.05) is 29.8 Å². The van der Waals surface area contributed by atoms with Crippen molar-refractivity contribution in [2.45, 2.75) is 44.7 Å². The van der Waals surface area contributed by atoms with Crippen LogP contribution in [-0.4, -0.2) is 37.8 Å². The van der Waals surface area contributed by atoms with E-state index in [0.29, 0.717) is 23.8 Å². The summed E-state index contributed by atoms with van der Waals surface area (Å²) in [7, 11) is -3.48. The molecule has 2 rings (SSSR count). The van der Waals surface area contributed by atoms with Gasteiger partial charge in [0.25, 0.3) is 0 Å². The summed E-state index contributed by atoms with van der Waals surface area (Å²) in [6, 6.07) is 13.1. The molecule has 0 radical (unpaired) electrons. The maximum Gasteiger partial charge on any atom is 0.243 e. The first-order valence-corrected chi connectivity index (χ1v) is 11.4. The van der Waals surface area contributed by atoms with Gasteiger partial charge in [-0.15, -0.1) is 0 Å². The monoisotopic (exact) mass is 437 g/mol. The fourth-order valence-electron chi connectivity index (χ4n) is 2.97. The van der Waals surface area contributed by atoms with Crippen molar-refractivity contribution in [3.8, 4) is 0 Å². The van der Waals surface area contributed by atoms with Crippen LogP contribution in [0.25, 0.3) is 0 Å². The zero-order valence-electron chi connectivity index (χ0n) is 17.1. The number of halogens is 1. The minimum absolute atomic E-state index is 0.133. The summed E-state index contributed by atoms with van der Waals surface area (Å²) in [4.78, 5) is 12.7. The van der Waals surface area contributed by atoms with Gasteiger partial charge in [0.2, 0.25) is 15.9 Å². The number of sulfonamides is 1. The van der Waals surface area contributed by atoms with Gasteiger partial charge in [-0.25, -0.2) is 8.42 Å². The summed E-state index contributed by atoms with van der Waals surface area (Å²) in [5.74, 6) is -0.167. The lowest BCUT2D eigenvalue weighted by atomic mass is 10.1. The van der Waals surface area contributed by atoms with E-state index in [9.17, 15) is 13.2 Å². The molecule has 29 heavy (non-hydrogen) atoms. The van der Waals surface area contributed by atoms with E-state index in [4.69, 9.17) is 11.6 Å². The molecule has 2 aromatic rings. The molecule has 0 aromatic heterocycles. The number of hydrogen-bond donors (Lipinski definition) is 2. The van der Waals surface area contributed by atoms with Crippen molar-refractivity contribution < 1.29 is 13.2 Å². The molecule has 2 N–H and O–H groups in total. The molecule has 2 unspecified atom stereocenters. The van der Waals surface area contributed by atoms with Crippen molar-refractivity contribution in [3.05, 3.63) is 59.1 Å². The van der Waals surface area contributed by atoms with Crippen LogP contribution in [0.3, 0.4) is 0 Å². The van der Waals surface area contributed by atoms with Crippen LogP contribution in [0, 0.1) is 0 Å². The van der Waals surface area contributed by atoms with Gasteiger partial charge >= 0.3 is 0 Å². The molecule has 0 spiro atoms. The molecule has 0 bridgehead atoms. The van der Waals surface area contributed by atoms with E-state index in [2.05, 4.69) is 10.6 Å².